The molecular weight excluding hydrogens is 234 g/mol. The van der Waals surface area contributed by atoms with E-state index in [0.29, 0.717) is 11.3 Å². The van der Waals surface area contributed by atoms with E-state index in [9.17, 15) is 0 Å². The van der Waals surface area contributed by atoms with Crippen LogP contribution in [0.1, 0.15) is 53.2 Å². The zero-order chi connectivity index (χ0) is 14.1. The van der Waals surface area contributed by atoms with E-state index in [1.165, 1.54) is 18.5 Å². The maximum absolute atomic E-state index is 4.43. The maximum atomic E-state index is 4.43. The minimum absolute atomic E-state index is 0.287. The van der Waals surface area contributed by atoms with E-state index in [-0.39, 0.29) is 5.41 Å². The highest BCUT2D eigenvalue weighted by molar-refractivity contribution is 5.15. The van der Waals surface area contributed by atoms with Gasteiger partial charge in [-0.25, -0.2) is 4.98 Å². The van der Waals surface area contributed by atoms with Crippen LogP contribution in [0.3, 0.4) is 0 Å². The van der Waals surface area contributed by atoms with E-state index in [0.717, 1.165) is 19.6 Å². The Bertz CT molecular complexity index is 411. The monoisotopic (exact) mass is 263 g/mol. The van der Waals surface area contributed by atoms with Crippen LogP contribution in [-0.4, -0.2) is 22.6 Å². The molecule has 0 bridgehead atoms. The van der Waals surface area contributed by atoms with Crippen molar-refractivity contribution in [2.75, 3.05) is 13.1 Å². The molecule has 3 heteroatoms. The molecule has 108 valence electrons. The Morgan fingerprint density at radius 2 is 2.00 bits per heavy atom. The van der Waals surface area contributed by atoms with E-state index in [1.54, 1.807) is 0 Å². The first-order valence-corrected chi connectivity index (χ1v) is 7.56. The summed E-state index contributed by atoms with van der Waals surface area (Å²) in [6.45, 7) is 15.0. The van der Waals surface area contributed by atoms with Crippen LogP contribution in [0, 0.1) is 11.3 Å². The van der Waals surface area contributed by atoms with Crippen LogP contribution in [-0.2, 0) is 12.0 Å². The molecule has 1 fully saturated rings. The van der Waals surface area contributed by atoms with Crippen LogP contribution in [0.15, 0.2) is 12.5 Å². The molecule has 2 rings (SSSR count). The molecule has 1 aliphatic heterocycles. The summed E-state index contributed by atoms with van der Waals surface area (Å²) in [6.07, 6.45) is 6.52. The SMILES string of the molecule is CC(C)C(C)(C)Cn1cncc1C1(C)CCNCC1. The summed E-state index contributed by atoms with van der Waals surface area (Å²) < 4.78 is 2.39. The zero-order valence-electron chi connectivity index (χ0n) is 13.2. The Hall–Kier alpha value is -0.830. The molecule has 0 amide bonds. The highest BCUT2D eigenvalue weighted by atomic mass is 15.1. The lowest BCUT2D eigenvalue weighted by atomic mass is 9.77. The van der Waals surface area contributed by atoms with Gasteiger partial charge < -0.3 is 9.88 Å². The molecule has 3 nitrogen and oxygen atoms in total. The molecule has 0 atom stereocenters. The third-order valence-electron chi connectivity index (χ3n) is 5.18. The first kappa shape index (κ1) is 14.6. The van der Waals surface area contributed by atoms with E-state index in [2.05, 4.69) is 55.7 Å². The van der Waals surface area contributed by atoms with Crippen molar-refractivity contribution in [1.29, 1.82) is 0 Å². The van der Waals surface area contributed by atoms with Gasteiger partial charge in [-0.1, -0.05) is 34.6 Å². The van der Waals surface area contributed by atoms with Gasteiger partial charge in [0, 0.05) is 23.9 Å². The molecule has 0 aromatic carbocycles. The summed E-state index contributed by atoms with van der Waals surface area (Å²) in [4.78, 5) is 4.43. The topological polar surface area (TPSA) is 29.9 Å². The van der Waals surface area contributed by atoms with Crippen LogP contribution < -0.4 is 5.32 Å². The fraction of sp³-hybridized carbons (Fsp3) is 0.812. The summed E-state index contributed by atoms with van der Waals surface area (Å²) in [6, 6.07) is 0. The average Bonchev–Trinajstić information content (AvgIpc) is 2.78. The summed E-state index contributed by atoms with van der Waals surface area (Å²) in [5.74, 6) is 0.670. The Labute approximate surface area is 117 Å². The first-order valence-electron chi connectivity index (χ1n) is 7.56. The molecule has 2 heterocycles. The van der Waals surface area contributed by atoms with Gasteiger partial charge in [-0.05, 0) is 37.3 Å². The van der Waals surface area contributed by atoms with Crippen molar-refractivity contribution in [3.8, 4) is 0 Å². The molecule has 0 spiro atoms. The second kappa shape index (κ2) is 5.28. The van der Waals surface area contributed by atoms with Crippen molar-refractivity contribution in [3.63, 3.8) is 0 Å². The van der Waals surface area contributed by atoms with Gasteiger partial charge in [0.15, 0.2) is 0 Å². The van der Waals surface area contributed by atoms with Gasteiger partial charge in [0.25, 0.3) is 0 Å². The molecule has 1 aliphatic rings. The van der Waals surface area contributed by atoms with Crippen LogP contribution in [0.4, 0.5) is 0 Å². The molecule has 1 aromatic rings. The summed E-state index contributed by atoms with van der Waals surface area (Å²) in [5, 5.41) is 3.46. The standard InChI is InChI=1S/C16H29N3/c1-13(2)15(3,4)11-19-12-18-10-14(19)16(5)6-8-17-9-7-16/h10,12-13,17H,6-9,11H2,1-5H3. The minimum atomic E-state index is 0.287. The lowest BCUT2D eigenvalue weighted by Crippen LogP contribution is -2.39. The van der Waals surface area contributed by atoms with Crippen molar-refractivity contribution in [2.45, 2.75) is 59.4 Å². The lowest BCUT2D eigenvalue weighted by Gasteiger charge is -2.37. The molecule has 0 saturated carbocycles. The molecule has 0 radical (unpaired) electrons. The second-order valence-corrected chi connectivity index (χ2v) is 7.36. The third kappa shape index (κ3) is 3.02. The molecule has 1 aromatic heterocycles. The Morgan fingerprint density at radius 3 is 2.58 bits per heavy atom. The molecular formula is C16H29N3. The van der Waals surface area contributed by atoms with Crippen LogP contribution >= 0.6 is 0 Å². The highest BCUT2D eigenvalue weighted by Gasteiger charge is 2.33. The quantitative estimate of drug-likeness (QED) is 0.904. The van der Waals surface area contributed by atoms with E-state index < -0.39 is 0 Å². The number of hydrogen-bond acceptors (Lipinski definition) is 2. The zero-order valence-corrected chi connectivity index (χ0v) is 13.2. The van der Waals surface area contributed by atoms with Gasteiger partial charge in [0.1, 0.15) is 0 Å². The number of nitrogens with one attached hydrogen (secondary N) is 1. The number of imidazole rings is 1. The van der Waals surface area contributed by atoms with Crippen LogP contribution in [0.25, 0.3) is 0 Å². The third-order valence-corrected chi connectivity index (χ3v) is 5.18. The summed E-state index contributed by atoms with van der Waals surface area (Å²) in [5.41, 5.74) is 2.01. The van der Waals surface area contributed by atoms with Gasteiger partial charge in [-0.2, -0.15) is 0 Å². The normalized spacial score (nSPS) is 19.9. The predicted molar refractivity (Wildman–Crippen MR) is 80.3 cm³/mol. The van der Waals surface area contributed by atoms with Crippen LogP contribution in [0.2, 0.25) is 0 Å². The van der Waals surface area contributed by atoms with Crippen molar-refractivity contribution < 1.29 is 0 Å². The number of piperidine rings is 1. The Balaban J connectivity index is 2.22. The number of aromatic nitrogens is 2. The Kier molecular flexibility index (Phi) is 4.05. The van der Waals surface area contributed by atoms with Crippen LogP contribution in [0.5, 0.6) is 0 Å². The molecule has 1 N–H and O–H groups in total. The molecule has 19 heavy (non-hydrogen) atoms. The van der Waals surface area contributed by atoms with Crippen molar-refractivity contribution in [1.82, 2.24) is 14.9 Å². The van der Waals surface area contributed by atoms with Gasteiger partial charge in [-0.15, -0.1) is 0 Å². The van der Waals surface area contributed by atoms with Crippen molar-refractivity contribution in [3.05, 3.63) is 18.2 Å². The number of rotatable bonds is 4. The fourth-order valence-corrected chi connectivity index (χ4v) is 2.81. The van der Waals surface area contributed by atoms with Gasteiger partial charge in [-0.3, -0.25) is 0 Å². The summed E-state index contributed by atoms with van der Waals surface area (Å²) >= 11 is 0. The van der Waals surface area contributed by atoms with E-state index in [1.807, 2.05) is 6.33 Å². The minimum Gasteiger partial charge on any atom is -0.334 e. The molecule has 1 saturated heterocycles. The van der Waals surface area contributed by atoms with Gasteiger partial charge in [0.05, 0.1) is 6.33 Å². The summed E-state index contributed by atoms with van der Waals surface area (Å²) in [7, 11) is 0. The number of nitrogens with zero attached hydrogens (tertiary/aromatic N) is 2. The molecule has 0 aliphatic carbocycles. The van der Waals surface area contributed by atoms with Gasteiger partial charge >= 0.3 is 0 Å². The van der Waals surface area contributed by atoms with E-state index in [4.69, 9.17) is 0 Å². The first-order chi connectivity index (χ1) is 8.85. The second-order valence-electron chi connectivity index (χ2n) is 7.36. The maximum Gasteiger partial charge on any atom is 0.0948 e. The predicted octanol–water partition coefficient (Wildman–Crippen LogP) is 3.21. The Morgan fingerprint density at radius 1 is 1.37 bits per heavy atom. The fourth-order valence-electron chi connectivity index (χ4n) is 2.81. The largest absolute Gasteiger partial charge is 0.334 e. The number of hydrogen-bond donors (Lipinski definition) is 1. The van der Waals surface area contributed by atoms with Crippen molar-refractivity contribution >= 4 is 0 Å². The van der Waals surface area contributed by atoms with Gasteiger partial charge in [0.2, 0.25) is 0 Å². The van der Waals surface area contributed by atoms with Crippen molar-refractivity contribution in [2.24, 2.45) is 11.3 Å². The van der Waals surface area contributed by atoms with E-state index >= 15 is 0 Å². The lowest BCUT2D eigenvalue weighted by molar-refractivity contribution is 0.200. The molecule has 0 unspecified atom stereocenters. The highest BCUT2D eigenvalue weighted by Crippen LogP contribution is 2.35. The smallest absolute Gasteiger partial charge is 0.0948 e. The average molecular weight is 263 g/mol.